The molecule has 0 spiro atoms. The Balaban J connectivity index is 1.78. The zero-order chi connectivity index (χ0) is 16.7. The minimum absolute atomic E-state index is 0.141. The Hall–Kier alpha value is -2.33. The summed E-state index contributed by atoms with van der Waals surface area (Å²) in [6, 6.07) is 16.0. The molecule has 0 bridgehead atoms. The van der Waals surface area contributed by atoms with Crippen LogP contribution in [-0.2, 0) is 11.3 Å². The van der Waals surface area contributed by atoms with E-state index in [1.54, 1.807) is 4.90 Å². The third kappa shape index (κ3) is 2.67. The van der Waals surface area contributed by atoms with E-state index in [1.807, 2.05) is 49.5 Å². The smallest absolute Gasteiger partial charge is 0.223 e. The molecule has 0 unspecified atom stereocenters. The van der Waals surface area contributed by atoms with Gasteiger partial charge in [0.15, 0.2) is 0 Å². The average Bonchev–Trinajstić information content (AvgIpc) is 3.11. The molecule has 2 heterocycles. The van der Waals surface area contributed by atoms with Gasteiger partial charge in [0, 0.05) is 37.5 Å². The van der Waals surface area contributed by atoms with Gasteiger partial charge in [-0.3, -0.25) is 4.79 Å². The van der Waals surface area contributed by atoms with E-state index < -0.39 is 0 Å². The molecule has 24 heavy (non-hydrogen) atoms. The topological polar surface area (TPSA) is 38.1 Å². The Morgan fingerprint density at radius 1 is 1.17 bits per heavy atom. The minimum atomic E-state index is 0.141. The quantitative estimate of drug-likeness (QED) is 0.730. The Labute approximate surface area is 145 Å². The second-order valence-electron chi connectivity index (χ2n) is 6.35. The van der Waals surface area contributed by atoms with Gasteiger partial charge in [0.2, 0.25) is 5.91 Å². The first-order valence-electron chi connectivity index (χ1n) is 8.05. The van der Waals surface area contributed by atoms with Gasteiger partial charge in [-0.1, -0.05) is 35.9 Å². The van der Waals surface area contributed by atoms with Crippen molar-refractivity contribution < 1.29 is 4.79 Å². The summed E-state index contributed by atoms with van der Waals surface area (Å²) in [7, 11) is 1.86. The highest BCUT2D eigenvalue weighted by molar-refractivity contribution is 6.30. The monoisotopic (exact) mass is 339 g/mol. The fourth-order valence-electron chi connectivity index (χ4n) is 3.38. The fourth-order valence-corrected chi connectivity index (χ4v) is 3.51. The number of amides is 1. The lowest BCUT2D eigenvalue weighted by molar-refractivity contribution is -0.126. The molecule has 0 aliphatic carbocycles. The van der Waals surface area contributed by atoms with Gasteiger partial charge >= 0.3 is 0 Å². The van der Waals surface area contributed by atoms with Crippen LogP contribution < -0.4 is 0 Å². The number of likely N-dealkylation sites (tertiary alicyclic amines) is 1. The fraction of sp³-hybridized carbons (Fsp3) is 0.263. The van der Waals surface area contributed by atoms with Gasteiger partial charge in [0.1, 0.15) is 5.82 Å². The Kier molecular flexibility index (Phi) is 3.77. The third-order valence-corrected chi connectivity index (χ3v) is 4.90. The van der Waals surface area contributed by atoms with Gasteiger partial charge in [-0.25, -0.2) is 4.98 Å². The second kappa shape index (κ2) is 5.95. The predicted molar refractivity (Wildman–Crippen MR) is 95.3 cm³/mol. The first-order valence-corrected chi connectivity index (χ1v) is 8.43. The highest BCUT2D eigenvalue weighted by atomic mass is 35.5. The first-order chi connectivity index (χ1) is 11.6. The van der Waals surface area contributed by atoms with Crippen molar-refractivity contribution in [1.29, 1.82) is 0 Å². The molecule has 1 aromatic heterocycles. The predicted octanol–water partition coefficient (Wildman–Crippen LogP) is 3.68. The minimum Gasteiger partial charge on any atom is -0.345 e. The number of hydrogen-bond acceptors (Lipinski definition) is 2. The summed E-state index contributed by atoms with van der Waals surface area (Å²) in [4.78, 5) is 18.6. The third-order valence-electron chi connectivity index (χ3n) is 4.64. The molecule has 3 aromatic rings. The number of likely N-dealkylation sites (N-methyl/N-ethyl adjacent to an activating group) is 1. The number of aromatic nitrogens is 2. The van der Waals surface area contributed by atoms with Crippen molar-refractivity contribution in [2.24, 2.45) is 0 Å². The van der Waals surface area contributed by atoms with Crippen LogP contribution in [0.5, 0.6) is 0 Å². The van der Waals surface area contributed by atoms with Gasteiger partial charge in [-0.2, -0.15) is 0 Å². The molecule has 1 amide bonds. The van der Waals surface area contributed by atoms with Crippen molar-refractivity contribution in [3.05, 3.63) is 64.9 Å². The molecule has 1 aliphatic heterocycles. The Morgan fingerprint density at radius 3 is 2.62 bits per heavy atom. The molecule has 1 fully saturated rings. The van der Waals surface area contributed by atoms with Crippen LogP contribution in [-0.4, -0.2) is 34.0 Å². The van der Waals surface area contributed by atoms with Gasteiger partial charge < -0.3 is 9.47 Å². The zero-order valence-electron chi connectivity index (χ0n) is 13.4. The summed E-state index contributed by atoms with van der Waals surface area (Å²) in [6.45, 7) is 1.45. The number of nitrogens with zero attached hydrogens (tertiary/aromatic N) is 3. The standard InChI is InChI=1S/C19H18ClN3O/c1-22-12-14(10-18(22)24)19-21-16-4-2-3-5-17(16)23(19)11-13-6-8-15(20)9-7-13/h2-9,14H,10-12H2,1H3/t14-/m1/s1. The van der Waals surface area contributed by atoms with Crippen LogP contribution in [0.3, 0.4) is 0 Å². The number of hydrogen-bond donors (Lipinski definition) is 0. The van der Waals surface area contributed by atoms with Gasteiger partial charge in [0.25, 0.3) is 0 Å². The molecule has 4 nitrogen and oxygen atoms in total. The maximum absolute atomic E-state index is 12.0. The summed E-state index contributed by atoms with van der Waals surface area (Å²) in [5, 5.41) is 0.734. The van der Waals surface area contributed by atoms with Crippen LogP contribution in [0.25, 0.3) is 11.0 Å². The zero-order valence-corrected chi connectivity index (χ0v) is 14.2. The SMILES string of the molecule is CN1C[C@H](c2nc3ccccc3n2Cc2ccc(Cl)cc2)CC1=O. The summed E-state index contributed by atoms with van der Waals surface area (Å²) in [5.74, 6) is 1.32. The number of fused-ring (bicyclic) bond motifs is 1. The lowest BCUT2D eigenvalue weighted by atomic mass is 10.1. The van der Waals surface area contributed by atoms with E-state index in [0.717, 1.165) is 35.0 Å². The van der Waals surface area contributed by atoms with Crippen molar-refractivity contribution in [3.63, 3.8) is 0 Å². The second-order valence-corrected chi connectivity index (χ2v) is 6.78. The van der Waals surface area contributed by atoms with Gasteiger partial charge in [0.05, 0.1) is 11.0 Å². The molecule has 1 aliphatic rings. The van der Waals surface area contributed by atoms with E-state index in [9.17, 15) is 4.79 Å². The van der Waals surface area contributed by atoms with E-state index in [4.69, 9.17) is 16.6 Å². The van der Waals surface area contributed by atoms with Crippen molar-refractivity contribution in [2.45, 2.75) is 18.9 Å². The first kappa shape index (κ1) is 15.2. The molecular formula is C19H18ClN3O. The maximum atomic E-state index is 12.0. The largest absolute Gasteiger partial charge is 0.345 e. The molecular weight excluding hydrogens is 322 g/mol. The molecule has 122 valence electrons. The number of carbonyl (C=O) groups is 1. The average molecular weight is 340 g/mol. The van der Waals surface area contributed by atoms with Gasteiger partial charge in [-0.15, -0.1) is 0 Å². The number of rotatable bonds is 3. The summed E-state index contributed by atoms with van der Waals surface area (Å²) >= 11 is 5.99. The molecule has 0 N–H and O–H groups in total. The van der Waals surface area contributed by atoms with Crippen LogP contribution in [0.15, 0.2) is 48.5 Å². The van der Waals surface area contributed by atoms with Crippen LogP contribution in [0.4, 0.5) is 0 Å². The maximum Gasteiger partial charge on any atom is 0.223 e. The van der Waals surface area contributed by atoms with E-state index in [1.165, 1.54) is 5.56 Å². The lowest BCUT2D eigenvalue weighted by Gasteiger charge is -2.14. The summed E-state index contributed by atoms with van der Waals surface area (Å²) < 4.78 is 2.23. The van der Waals surface area contributed by atoms with Crippen molar-refractivity contribution in [3.8, 4) is 0 Å². The van der Waals surface area contributed by atoms with E-state index in [2.05, 4.69) is 10.6 Å². The molecule has 2 aromatic carbocycles. The molecule has 1 saturated heterocycles. The highest BCUT2D eigenvalue weighted by Crippen LogP contribution is 2.30. The van der Waals surface area contributed by atoms with Crippen LogP contribution in [0.1, 0.15) is 23.7 Å². The lowest BCUT2D eigenvalue weighted by Crippen LogP contribution is -2.19. The van der Waals surface area contributed by atoms with Crippen molar-refractivity contribution >= 4 is 28.5 Å². The number of carbonyl (C=O) groups excluding carboxylic acids is 1. The molecule has 0 radical (unpaired) electrons. The molecule has 1 atom stereocenters. The Bertz CT molecular complexity index is 901. The number of halogens is 1. The van der Waals surface area contributed by atoms with Crippen LogP contribution in [0, 0.1) is 0 Å². The van der Waals surface area contributed by atoms with E-state index >= 15 is 0 Å². The normalized spacial score (nSPS) is 17.8. The van der Waals surface area contributed by atoms with Crippen LogP contribution in [0.2, 0.25) is 5.02 Å². The van der Waals surface area contributed by atoms with E-state index in [0.29, 0.717) is 6.42 Å². The van der Waals surface area contributed by atoms with E-state index in [-0.39, 0.29) is 11.8 Å². The number of para-hydroxylation sites is 2. The van der Waals surface area contributed by atoms with Gasteiger partial charge in [-0.05, 0) is 29.8 Å². The van der Waals surface area contributed by atoms with Crippen molar-refractivity contribution in [2.75, 3.05) is 13.6 Å². The highest BCUT2D eigenvalue weighted by Gasteiger charge is 2.31. The number of benzene rings is 2. The molecule has 0 saturated carbocycles. The summed E-state index contributed by atoms with van der Waals surface area (Å²) in [6.07, 6.45) is 0.528. The van der Waals surface area contributed by atoms with Crippen molar-refractivity contribution in [1.82, 2.24) is 14.5 Å². The molecule has 5 heteroatoms. The van der Waals surface area contributed by atoms with Crippen LogP contribution >= 0.6 is 11.6 Å². The Morgan fingerprint density at radius 2 is 1.92 bits per heavy atom. The number of imidazole rings is 1. The summed E-state index contributed by atoms with van der Waals surface area (Å²) in [5.41, 5.74) is 3.24. The molecule has 4 rings (SSSR count).